The molecule has 0 radical (unpaired) electrons. The first kappa shape index (κ1) is 21.7. The number of morpholine rings is 1. The number of hydrogen-bond donors (Lipinski definition) is 0. The van der Waals surface area contributed by atoms with Gasteiger partial charge in [-0.3, -0.25) is 14.4 Å². The van der Waals surface area contributed by atoms with Crippen molar-refractivity contribution in [1.29, 1.82) is 0 Å². The fourth-order valence-electron chi connectivity index (χ4n) is 3.53. The summed E-state index contributed by atoms with van der Waals surface area (Å²) in [5.74, 6) is -0.922. The SMILES string of the molecule is C[C@H]1CN(C(=O)COC(=O)CCC(=O)c2ccc(-c3ccccc3)cc2)C[C@H](C)O1. The zero-order valence-corrected chi connectivity index (χ0v) is 17.4. The van der Waals surface area contributed by atoms with Crippen LogP contribution in [0.1, 0.15) is 37.0 Å². The molecule has 2 aromatic carbocycles. The lowest BCUT2D eigenvalue weighted by atomic mass is 10.0. The predicted octanol–water partition coefficient (Wildman–Crippen LogP) is 3.50. The van der Waals surface area contributed by atoms with Gasteiger partial charge in [0.25, 0.3) is 5.91 Å². The lowest BCUT2D eigenvalue weighted by molar-refractivity contribution is -0.157. The van der Waals surface area contributed by atoms with Crippen LogP contribution >= 0.6 is 0 Å². The third-order valence-corrected chi connectivity index (χ3v) is 5.00. The summed E-state index contributed by atoms with van der Waals surface area (Å²) in [5.41, 5.74) is 2.65. The van der Waals surface area contributed by atoms with E-state index in [0.29, 0.717) is 18.7 Å². The Labute approximate surface area is 176 Å². The number of carbonyl (C=O) groups is 3. The van der Waals surface area contributed by atoms with Crippen LogP contribution in [0.25, 0.3) is 11.1 Å². The summed E-state index contributed by atoms with van der Waals surface area (Å²) >= 11 is 0. The second-order valence-corrected chi connectivity index (χ2v) is 7.58. The lowest BCUT2D eigenvalue weighted by Gasteiger charge is -2.35. The van der Waals surface area contributed by atoms with Crippen molar-refractivity contribution < 1.29 is 23.9 Å². The van der Waals surface area contributed by atoms with E-state index in [-0.39, 0.29) is 43.3 Å². The molecule has 0 aromatic heterocycles. The van der Waals surface area contributed by atoms with Gasteiger partial charge < -0.3 is 14.4 Å². The van der Waals surface area contributed by atoms with Crippen molar-refractivity contribution >= 4 is 17.7 Å². The normalized spacial score (nSPS) is 18.7. The molecule has 1 aliphatic rings. The Hall–Kier alpha value is -2.99. The van der Waals surface area contributed by atoms with Crippen LogP contribution in [-0.4, -0.2) is 54.5 Å². The van der Waals surface area contributed by atoms with E-state index in [9.17, 15) is 14.4 Å². The van der Waals surface area contributed by atoms with Crippen molar-refractivity contribution in [2.45, 2.75) is 38.9 Å². The zero-order chi connectivity index (χ0) is 21.5. The number of nitrogens with zero attached hydrogens (tertiary/aromatic N) is 1. The highest BCUT2D eigenvalue weighted by atomic mass is 16.5. The molecular weight excluding hydrogens is 382 g/mol. The van der Waals surface area contributed by atoms with E-state index >= 15 is 0 Å². The van der Waals surface area contributed by atoms with E-state index in [0.717, 1.165) is 11.1 Å². The van der Waals surface area contributed by atoms with Gasteiger partial charge in [-0.1, -0.05) is 54.6 Å². The topological polar surface area (TPSA) is 72.9 Å². The van der Waals surface area contributed by atoms with Crippen LogP contribution < -0.4 is 0 Å². The Kier molecular flexibility index (Phi) is 7.36. The first-order valence-corrected chi connectivity index (χ1v) is 10.2. The minimum atomic E-state index is -0.549. The van der Waals surface area contributed by atoms with Gasteiger partial charge in [0, 0.05) is 25.1 Å². The van der Waals surface area contributed by atoms with E-state index in [1.165, 1.54) is 0 Å². The van der Waals surface area contributed by atoms with Gasteiger partial charge in [-0.25, -0.2) is 0 Å². The molecule has 6 nitrogen and oxygen atoms in total. The fraction of sp³-hybridized carbons (Fsp3) is 0.375. The Morgan fingerprint density at radius 2 is 1.50 bits per heavy atom. The monoisotopic (exact) mass is 409 g/mol. The number of carbonyl (C=O) groups excluding carboxylic acids is 3. The Balaban J connectivity index is 1.43. The van der Waals surface area contributed by atoms with E-state index < -0.39 is 5.97 Å². The summed E-state index contributed by atoms with van der Waals surface area (Å²) < 4.78 is 10.7. The highest BCUT2D eigenvalue weighted by Crippen LogP contribution is 2.20. The van der Waals surface area contributed by atoms with Gasteiger partial charge in [-0.2, -0.15) is 0 Å². The molecule has 0 bridgehead atoms. The molecule has 1 saturated heterocycles. The number of esters is 1. The molecule has 0 spiro atoms. The highest BCUT2D eigenvalue weighted by molar-refractivity contribution is 5.98. The van der Waals surface area contributed by atoms with Crippen LogP contribution in [0.15, 0.2) is 54.6 Å². The first-order chi connectivity index (χ1) is 14.4. The summed E-state index contributed by atoms with van der Waals surface area (Å²) in [7, 11) is 0. The number of ketones is 1. The standard InChI is InChI=1S/C24H27NO5/c1-17-14-25(15-18(2)30-17)23(27)16-29-24(28)13-12-22(26)21-10-8-20(9-11-21)19-6-4-3-5-7-19/h3-11,17-18H,12-16H2,1-2H3/t17-,18-/m0/s1. The maximum absolute atomic E-state index is 12.4. The first-order valence-electron chi connectivity index (χ1n) is 10.2. The van der Waals surface area contributed by atoms with Gasteiger partial charge in [-0.05, 0) is 25.0 Å². The van der Waals surface area contributed by atoms with Crippen LogP contribution in [0.2, 0.25) is 0 Å². The molecule has 1 heterocycles. The van der Waals surface area contributed by atoms with Gasteiger partial charge in [0.15, 0.2) is 12.4 Å². The molecule has 1 aliphatic heterocycles. The summed E-state index contributed by atoms with van der Waals surface area (Å²) in [5, 5.41) is 0. The van der Waals surface area contributed by atoms with Crippen LogP contribution in [-0.2, 0) is 19.1 Å². The van der Waals surface area contributed by atoms with Crippen LogP contribution in [0.5, 0.6) is 0 Å². The number of ether oxygens (including phenoxy) is 2. The molecule has 30 heavy (non-hydrogen) atoms. The molecule has 2 aromatic rings. The van der Waals surface area contributed by atoms with Crippen molar-refractivity contribution in [3.63, 3.8) is 0 Å². The molecular formula is C24H27NO5. The number of amides is 1. The summed E-state index contributed by atoms with van der Waals surface area (Å²) in [6, 6.07) is 17.2. The van der Waals surface area contributed by atoms with Crippen LogP contribution in [0.3, 0.4) is 0 Å². The summed E-state index contributed by atoms with van der Waals surface area (Å²) in [4.78, 5) is 38.2. The Bertz CT molecular complexity index is 868. The number of Topliss-reactive ketones (excluding diaryl/α,β-unsaturated/α-hetero) is 1. The highest BCUT2D eigenvalue weighted by Gasteiger charge is 2.26. The quantitative estimate of drug-likeness (QED) is 0.517. The van der Waals surface area contributed by atoms with Crippen molar-refractivity contribution in [2.24, 2.45) is 0 Å². The number of hydrogen-bond acceptors (Lipinski definition) is 5. The maximum atomic E-state index is 12.4. The number of benzene rings is 2. The van der Waals surface area contributed by atoms with Crippen molar-refractivity contribution in [3.8, 4) is 11.1 Å². The second-order valence-electron chi connectivity index (χ2n) is 7.58. The molecule has 1 fully saturated rings. The van der Waals surface area contributed by atoms with Gasteiger partial charge in [0.05, 0.1) is 18.6 Å². The van der Waals surface area contributed by atoms with Crippen LogP contribution in [0, 0.1) is 0 Å². The third kappa shape index (κ3) is 6.00. The molecule has 0 unspecified atom stereocenters. The fourth-order valence-corrected chi connectivity index (χ4v) is 3.53. The minimum Gasteiger partial charge on any atom is -0.456 e. The van der Waals surface area contributed by atoms with E-state index in [1.807, 2.05) is 56.3 Å². The smallest absolute Gasteiger partial charge is 0.306 e. The molecule has 0 saturated carbocycles. The number of rotatable bonds is 7. The largest absolute Gasteiger partial charge is 0.456 e. The van der Waals surface area contributed by atoms with Crippen molar-refractivity contribution in [3.05, 3.63) is 60.2 Å². The van der Waals surface area contributed by atoms with Crippen LogP contribution in [0.4, 0.5) is 0 Å². The minimum absolute atomic E-state index is 0.0423. The van der Waals surface area contributed by atoms with Gasteiger partial charge in [0.2, 0.25) is 0 Å². The van der Waals surface area contributed by atoms with E-state index in [1.54, 1.807) is 17.0 Å². The molecule has 0 N–H and O–H groups in total. The van der Waals surface area contributed by atoms with Crippen molar-refractivity contribution in [2.75, 3.05) is 19.7 Å². The molecule has 1 amide bonds. The molecule has 2 atom stereocenters. The van der Waals surface area contributed by atoms with Gasteiger partial charge in [-0.15, -0.1) is 0 Å². The summed E-state index contributed by atoms with van der Waals surface area (Å²) in [6.07, 6.45) is -0.0928. The molecule has 158 valence electrons. The van der Waals surface area contributed by atoms with E-state index in [4.69, 9.17) is 9.47 Å². The summed E-state index contributed by atoms with van der Waals surface area (Å²) in [6.45, 7) is 4.47. The molecule has 3 rings (SSSR count). The lowest BCUT2D eigenvalue weighted by Crippen LogP contribution is -2.49. The zero-order valence-electron chi connectivity index (χ0n) is 17.4. The Morgan fingerprint density at radius 3 is 2.13 bits per heavy atom. The van der Waals surface area contributed by atoms with E-state index in [2.05, 4.69) is 0 Å². The van der Waals surface area contributed by atoms with Gasteiger partial charge >= 0.3 is 5.97 Å². The second kappa shape index (κ2) is 10.2. The third-order valence-electron chi connectivity index (χ3n) is 5.00. The molecule has 6 heteroatoms. The average Bonchev–Trinajstić information content (AvgIpc) is 2.75. The average molecular weight is 409 g/mol. The Morgan fingerprint density at radius 1 is 0.900 bits per heavy atom. The maximum Gasteiger partial charge on any atom is 0.306 e. The predicted molar refractivity (Wildman–Crippen MR) is 113 cm³/mol. The van der Waals surface area contributed by atoms with Gasteiger partial charge in [0.1, 0.15) is 0 Å². The molecule has 0 aliphatic carbocycles. The van der Waals surface area contributed by atoms with Crippen molar-refractivity contribution in [1.82, 2.24) is 4.90 Å².